The molecule has 8 heteroatoms. The van der Waals surface area contributed by atoms with Crippen LogP contribution < -0.4 is 14.4 Å². The Morgan fingerprint density at radius 3 is 2.30 bits per heavy atom. The molecule has 0 aliphatic carbocycles. The van der Waals surface area contributed by atoms with Crippen LogP contribution >= 0.6 is 22.6 Å². The Labute approximate surface area is 174 Å². The maximum Gasteiger partial charge on any atom is 0.241 e. The van der Waals surface area contributed by atoms with E-state index in [0.717, 1.165) is 25.4 Å². The van der Waals surface area contributed by atoms with Crippen LogP contribution in [0.1, 0.15) is 12.5 Å². The average molecular weight is 502 g/mol. The molecule has 146 valence electrons. The number of carbonyl (C=O) groups excluding carboxylic acids is 1. The van der Waals surface area contributed by atoms with Gasteiger partial charge < -0.3 is 10.1 Å². The van der Waals surface area contributed by atoms with Gasteiger partial charge in [-0.15, -0.1) is 0 Å². The first-order chi connectivity index (χ1) is 12.6. The van der Waals surface area contributed by atoms with Gasteiger partial charge in [0.15, 0.2) is 0 Å². The molecule has 1 atom stereocenters. The normalized spacial score (nSPS) is 12.3. The predicted molar refractivity (Wildman–Crippen MR) is 116 cm³/mol. The van der Waals surface area contributed by atoms with Crippen molar-refractivity contribution in [1.29, 1.82) is 0 Å². The molecular formula is C19H23IN2O4S. The topological polar surface area (TPSA) is 75.7 Å². The smallest absolute Gasteiger partial charge is 0.241 e. The van der Waals surface area contributed by atoms with Gasteiger partial charge in [0.05, 0.1) is 18.0 Å². The van der Waals surface area contributed by atoms with Crippen molar-refractivity contribution in [3.63, 3.8) is 0 Å². The molecule has 27 heavy (non-hydrogen) atoms. The number of hydrogen-bond donors (Lipinski definition) is 1. The fourth-order valence-corrected chi connectivity index (χ4v) is 3.57. The quantitative estimate of drug-likeness (QED) is 0.564. The molecule has 0 bridgehead atoms. The largest absolute Gasteiger partial charge is 0.491 e. The molecule has 1 N–H and O–H groups in total. The lowest BCUT2D eigenvalue weighted by Gasteiger charge is -2.23. The Bertz CT molecular complexity index is 868. The molecule has 1 unspecified atom stereocenters. The molecule has 0 saturated heterocycles. The van der Waals surface area contributed by atoms with E-state index in [1.807, 2.05) is 38.1 Å². The lowest BCUT2D eigenvalue weighted by molar-refractivity contribution is -0.120. The summed E-state index contributed by atoms with van der Waals surface area (Å²) >= 11 is 2.14. The van der Waals surface area contributed by atoms with Crippen LogP contribution in [-0.4, -0.2) is 39.8 Å². The summed E-state index contributed by atoms with van der Waals surface area (Å²) in [5.41, 5.74) is 1.59. The van der Waals surface area contributed by atoms with Crippen molar-refractivity contribution in [2.45, 2.75) is 19.9 Å². The van der Waals surface area contributed by atoms with Crippen LogP contribution in [0, 0.1) is 10.5 Å². The molecule has 1 amide bonds. The van der Waals surface area contributed by atoms with Gasteiger partial charge in [-0.25, -0.2) is 8.42 Å². The lowest BCUT2D eigenvalue weighted by atomic mass is 10.2. The molecule has 6 nitrogen and oxygen atoms in total. The van der Waals surface area contributed by atoms with Crippen LogP contribution in [0.15, 0.2) is 48.5 Å². The highest BCUT2D eigenvalue weighted by molar-refractivity contribution is 14.1. The maximum atomic E-state index is 12.3. The number of amides is 1. The van der Waals surface area contributed by atoms with E-state index in [-0.39, 0.29) is 25.1 Å². The second-order valence-electron chi connectivity index (χ2n) is 6.34. The number of anilines is 1. The molecule has 0 aliphatic heterocycles. The number of halogens is 1. The van der Waals surface area contributed by atoms with Gasteiger partial charge in [0.1, 0.15) is 18.9 Å². The molecule has 0 saturated carbocycles. The van der Waals surface area contributed by atoms with Crippen molar-refractivity contribution in [3.8, 4) is 5.75 Å². The minimum atomic E-state index is -3.58. The monoisotopic (exact) mass is 502 g/mol. The molecule has 0 aliphatic rings. The van der Waals surface area contributed by atoms with E-state index in [9.17, 15) is 13.2 Å². The first-order valence-electron chi connectivity index (χ1n) is 8.37. The molecular weight excluding hydrogens is 479 g/mol. The number of nitrogens with one attached hydrogen (secondary N) is 1. The van der Waals surface area contributed by atoms with Crippen molar-refractivity contribution in [3.05, 3.63) is 57.7 Å². The van der Waals surface area contributed by atoms with Gasteiger partial charge in [-0.2, -0.15) is 0 Å². The van der Waals surface area contributed by atoms with E-state index in [1.165, 1.54) is 0 Å². The van der Waals surface area contributed by atoms with Crippen molar-refractivity contribution in [1.82, 2.24) is 5.32 Å². The standard InChI is InChI=1S/C19H23IN2O4S/c1-14-4-10-18(11-5-14)26-13-15(2)21-19(23)12-22(27(3,24)25)17-8-6-16(20)7-9-17/h4-11,15H,12-13H2,1-3H3,(H,21,23). The highest BCUT2D eigenvalue weighted by atomic mass is 127. The van der Waals surface area contributed by atoms with Crippen LogP contribution in [0.25, 0.3) is 0 Å². The zero-order valence-electron chi connectivity index (χ0n) is 15.5. The first-order valence-corrected chi connectivity index (χ1v) is 11.3. The minimum absolute atomic E-state index is 0.267. The van der Waals surface area contributed by atoms with Crippen molar-refractivity contribution < 1.29 is 17.9 Å². The van der Waals surface area contributed by atoms with Gasteiger partial charge in [0.2, 0.25) is 15.9 Å². The molecule has 2 aromatic rings. The number of ether oxygens (including phenoxy) is 1. The van der Waals surface area contributed by atoms with E-state index in [1.54, 1.807) is 24.3 Å². The molecule has 0 aromatic heterocycles. The zero-order valence-corrected chi connectivity index (χ0v) is 18.5. The summed E-state index contributed by atoms with van der Waals surface area (Å²) < 4.78 is 31.9. The summed E-state index contributed by atoms with van der Waals surface area (Å²) in [6, 6.07) is 14.3. The van der Waals surface area contributed by atoms with Gasteiger partial charge in [-0.05, 0) is 72.8 Å². The van der Waals surface area contributed by atoms with E-state index < -0.39 is 10.0 Å². The van der Waals surface area contributed by atoms with Crippen LogP contribution in [-0.2, 0) is 14.8 Å². The van der Waals surface area contributed by atoms with Gasteiger partial charge >= 0.3 is 0 Å². The highest BCUT2D eigenvalue weighted by Crippen LogP contribution is 2.19. The first kappa shape index (κ1) is 21.5. The second-order valence-corrected chi connectivity index (χ2v) is 9.49. The van der Waals surface area contributed by atoms with Crippen molar-refractivity contribution in [2.75, 3.05) is 23.7 Å². The number of hydrogen-bond acceptors (Lipinski definition) is 4. The number of nitrogens with zero attached hydrogens (tertiary/aromatic N) is 1. The Morgan fingerprint density at radius 2 is 1.74 bits per heavy atom. The molecule has 0 spiro atoms. The summed E-state index contributed by atoms with van der Waals surface area (Å²) in [4.78, 5) is 12.3. The number of benzene rings is 2. The number of rotatable bonds is 8. The third-order valence-electron chi connectivity index (χ3n) is 3.73. The van der Waals surface area contributed by atoms with Crippen LogP contribution in [0.2, 0.25) is 0 Å². The summed E-state index contributed by atoms with van der Waals surface area (Å²) in [6.07, 6.45) is 1.09. The van der Waals surface area contributed by atoms with Crippen LogP contribution in [0.4, 0.5) is 5.69 Å². The summed E-state index contributed by atoms with van der Waals surface area (Å²) in [5.74, 6) is 0.331. The molecule has 0 radical (unpaired) electrons. The molecule has 2 rings (SSSR count). The SMILES string of the molecule is Cc1ccc(OCC(C)NC(=O)CN(c2ccc(I)cc2)S(C)(=O)=O)cc1. The molecule has 0 fully saturated rings. The van der Waals surface area contributed by atoms with Crippen LogP contribution in [0.3, 0.4) is 0 Å². The van der Waals surface area contributed by atoms with Gasteiger partial charge in [-0.1, -0.05) is 17.7 Å². The Hall–Kier alpha value is -1.81. The number of sulfonamides is 1. The summed E-state index contributed by atoms with van der Waals surface area (Å²) in [7, 11) is -3.58. The van der Waals surface area contributed by atoms with Crippen LogP contribution in [0.5, 0.6) is 5.75 Å². The Kier molecular flexibility index (Phi) is 7.49. The van der Waals surface area contributed by atoms with E-state index in [0.29, 0.717) is 5.69 Å². The highest BCUT2D eigenvalue weighted by Gasteiger charge is 2.21. The fraction of sp³-hybridized carbons (Fsp3) is 0.316. The third-order valence-corrected chi connectivity index (χ3v) is 5.59. The van der Waals surface area contributed by atoms with Gasteiger partial charge in [-0.3, -0.25) is 9.10 Å². The number of aryl methyl sites for hydroxylation is 1. The maximum absolute atomic E-state index is 12.3. The second kappa shape index (κ2) is 9.41. The van der Waals surface area contributed by atoms with E-state index in [4.69, 9.17) is 4.74 Å². The summed E-state index contributed by atoms with van der Waals surface area (Å²) in [5, 5.41) is 2.77. The Balaban J connectivity index is 1.94. The van der Waals surface area contributed by atoms with E-state index >= 15 is 0 Å². The van der Waals surface area contributed by atoms with Crippen molar-refractivity contribution >= 4 is 44.2 Å². The fourth-order valence-electron chi connectivity index (χ4n) is 2.36. The van der Waals surface area contributed by atoms with Crippen molar-refractivity contribution in [2.24, 2.45) is 0 Å². The third kappa shape index (κ3) is 7.02. The van der Waals surface area contributed by atoms with Gasteiger partial charge in [0, 0.05) is 3.57 Å². The lowest BCUT2D eigenvalue weighted by Crippen LogP contribution is -2.44. The number of carbonyl (C=O) groups is 1. The molecule has 0 heterocycles. The summed E-state index contributed by atoms with van der Waals surface area (Å²) in [6.45, 7) is 3.81. The molecule has 2 aromatic carbocycles. The van der Waals surface area contributed by atoms with Gasteiger partial charge in [0.25, 0.3) is 0 Å². The van der Waals surface area contributed by atoms with E-state index in [2.05, 4.69) is 27.9 Å². The Morgan fingerprint density at radius 1 is 1.15 bits per heavy atom. The zero-order chi connectivity index (χ0) is 20.0. The predicted octanol–water partition coefficient (Wildman–Crippen LogP) is 2.95. The average Bonchev–Trinajstić information content (AvgIpc) is 2.59. The minimum Gasteiger partial charge on any atom is -0.491 e.